The first-order chi connectivity index (χ1) is 19.1. The minimum Gasteiger partial charge on any atom is -0.489 e. The molecular weight excluding hydrogens is 489 g/mol. The fourth-order valence-corrected chi connectivity index (χ4v) is 5.20. The molecule has 7 heteroatoms. The number of fused-ring (bicyclic) bond motifs is 1. The molecule has 3 N–H and O–H groups in total. The largest absolute Gasteiger partial charge is 0.489 e. The highest BCUT2D eigenvalue weighted by molar-refractivity contribution is 5.96. The molecule has 0 unspecified atom stereocenters. The van der Waals surface area contributed by atoms with Gasteiger partial charge in [-0.3, -0.25) is 10.1 Å². The lowest BCUT2D eigenvalue weighted by atomic mass is 9.97. The molecule has 1 aliphatic heterocycles. The average Bonchev–Trinajstić information content (AvgIpc) is 3.56. The third-order valence-electron chi connectivity index (χ3n) is 7.20. The standard InChI is InChI=1S/C32H30FN5O/c1-3-4-27(21-5-8-24(33)9-6-21)28-17-31(36-20(28)2)32-29-16-22(7-10-30(29)37-38-32)23-15-26(19-35-18-23)39-25-11-13-34-14-12-25/h3-10,15-19,25,34,36H,1,11-14H2,2H3,(H,37,38)/b27-4-. The summed E-state index contributed by atoms with van der Waals surface area (Å²) in [6, 6.07) is 16.9. The number of ether oxygens (including phenoxy) is 1. The average molecular weight is 520 g/mol. The zero-order valence-electron chi connectivity index (χ0n) is 21.8. The van der Waals surface area contributed by atoms with Crippen molar-refractivity contribution in [3.63, 3.8) is 0 Å². The SMILES string of the molecule is C=C/C=C(/c1ccc(F)cc1)c1cc(-c2n[nH]c3ccc(-c4cncc(OC5CCNCC5)c4)cc23)[nH]c1C. The van der Waals surface area contributed by atoms with Crippen LogP contribution in [0.4, 0.5) is 4.39 Å². The maximum absolute atomic E-state index is 13.6. The molecule has 39 heavy (non-hydrogen) atoms. The van der Waals surface area contributed by atoms with E-state index in [0.717, 1.165) is 87.5 Å². The van der Waals surface area contributed by atoms with Crippen LogP contribution in [0.15, 0.2) is 85.7 Å². The number of aromatic nitrogens is 4. The van der Waals surface area contributed by atoms with E-state index in [2.05, 4.69) is 56.3 Å². The molecule has 2 aromatic carbocycles. The minimum atomic E-state index is -0.263. The van der Waals surface area contributed by atoms with Crippen molar-refractivity contribution in [1.82, 2.24) is 25.5 Å². The fraction of sp³-hybridized carbons (Fsp3) is 0.188. The molecule has 1 saturated heterocycles. The molecule has 5 aromatic rings. The van der Waals surface area contributed by atoms with Gasteiger partial charge in [-0.05, 0) is 86.0 Å². The van der Waals surface area contributed by atoms with Gasteiger partial charge in [-0.2, -0.15) is 5.10 Å². The van der Waals surface area contributed by atoms with Gasteiger partial charge < -0.3 is 15.0 Å². The van der Waals surface area contributed by atoms with Crippen molar-refractivity contribution < 1.29 is 9.13 Å². The Bertz CT molecular complexity index is 1660. The Kier molecular flexibility index (Phi) is 6.82. The third-order valence-corrected chi connectivity index (χ3v) is 7.20. The number of hydrogen-bond acceptors (Lipinski definition) is 4. The second kappa shape index (κ2) is 10.7. The van der Waals surface area contributed by atoms with Crippen LogP contribution in [-0.2, 0) is 0 Å². The summed E-state index contributed by atoms with van der Waals surface area (Å²) in [7, 11) is 0. The quantitative estimate of drug-likeness (QED) is 0.206. The number of benzene rings is 2. The van der Waals surface area contributed by atoms with E-state index in [1.165, 1.54) is 12.1 Å². The second-order valence-corrected chi connectivity index (χ2v) is 9.85. The highest BCUT2D eigenvalue weighted by atomic mass is 19.1. The molecule has 3 aromatic heterocycles. The number of aromatic amines is 2. The van der Waals surface area contributed by atoms with E-state index >= 15 is 0 Å². The molecule has 196 valence electrons. The van der Waals surface area contributed by atoms with Crippen LogP contribution in [0.25, 0.3) is 39.0 Å². The van der Waals surface area contributed by atoms with Crippen molar-refractivity contribution in [2.24, 2.45) is 0 Å². The zero-order valence-corrected chi connectivity index (χ0v) is 21.8. The molecule has 0 atom stereocenters. The van der Waals surface area contributed by atoms with Crippen LogP contribution in [-0.4, -0.2) is 39.4 Å². The molecule has 0 bridgehead atoms. The molecule has 4 heterocycles. The number of nitrogens with one attached hydrogen (secondary N) is 3. The zero-order chi connectivity index (χ0) is 26.8. The van der Waals surface area contributed by atoms with Crippen LogP contribution in [0, 0.1) is 12.7 Å². The van der Waals surface area contributed by atoms with Gasteiger partial charge in [0.2, 0.25) is 0 Å². The van der Waals surface area contributed by atoms with Gasteiger partial charge in [0.05, 0.1) is 17.4 Å². The summed E-state index contributed by atoms with van der Waals surface area (Å²) in [6.45, 7) is 7.86. The molecular formula is C32H30FN5O. The number of H-pyrrole nitrogens is 2. The van der Waals surface area contributed by atoms with Crippen LogP contribution in [0.5, 0.6) is 5.75 Å². The van der Waals surface area contributed by atoms with Gasteiger partial charge in [0, 0.05) is 28.4 Å². The van der Waals surface area contributed by atoms with Crippen LogP contribution in [0.2, 0.25) is 0 Å². The van der Waals surface area contributed by atoms with Crippen LogP contribution in [0.3, 0.4) is 0 Å². The van der Waals surface area contributed by atoms with Crippen LogP contribution >= 0.6 is 0 Å². The summed E-state index contributed by atoms with van der Waals surface area (Å²) < 4.78 is 19.8. The summed E-state index contributed by atoms with van der Waals surface area (Å²) in [5, 5.41) is 12.2. The molecule has 6 nitrogen and oxygen atoms in total. The van der Waals surface area contributed by atoms with Gasteiger partial charge >= 0.3 is 0 Å². The Hall–Kier alpha value is -4.49. The van der Waals surface area contributed by atoms with Gasteiger partial charge in [-0.1, -0.05) is 36.9 Å². The van der Waals surface area contributed by atoms with Crippen LogP contribution in [0.1, 0.15) is 29.7 Å². The number of halogens is 1. The number of aryl methyl sites for hydroxylation is 1. The molecule has 0 spiro atoms. The van der Waals surface area contributed by atoms with Crippen molar-refractivity contribution >= 4 is 16.5 Å². The molecule has 1 fully saturated rings. The van der Waals surface area contributed by atoms with Gasteiger partial charge in [-0.15, -0.1) is 0 Å². The summed E-state index contributed by atoms with van der Waals surface area (Å²) in [5.41, 5.74) is 8.56. The number of nitrogens with zero attached hydrogens (tertiary/aromatic N) is 2. The summed E-state index contributed by atoms with van der Waals surface area (Å²) >= 11 is 0. The second-order valence-electron chi connectivity index (χ2n) is 9.85. The van der Waals surface area contributed by atoms with E-state index in [9.17, 15) is 4.39 Å². The predicted molar refractivity (Wildman–Crippen MR) is 154 cm³/mol. The molecule has 0 aliphatic carbocycles. The maximum atomic E-state index is 13.6. The lowest BCUT2D eigenvalue weighted by Crippen LogP contribution is -2.34. The van der Waals surface area contributed by atoms with Crippen molar-refractivity contribution in [2.45, 2.75) is 25.9 Å². The third kappa shape index (κ3) is 5.13. The minimum absolute atomic E-state index is 0.214. The lowest BCUT2D eigenvalue weighted by Gasteiger charge is -2.23. The van der Waals surface area contributed by atoms with E-state index in [1.54, 1.807) is 24.4 Å². The van der Waals surface area contributed by atoms with E-state index in [4.69, 9.17) is 4.74 Å². The first-order valence-electron chi connectivity index (χ1n) is 13.2. The number of allylic oxidation sites excluding steroid dienone is 2. The van der Waals surface area contributed by atoms with Crippen molar-refractivity contribution in [2.75, 3.05) is 13.1 Å². The number of pyridine rings is 1. The highest BCUT2D eigenvalue weighted by Gasteiger charge is 2.18. The number of rotatable bonds is 7. The van der Waals surface area contributed by atoms with E-state index in [1.807, 2.05) is 25.3 Å². The van der Waals surface area contributed by atoms with Gasteiger partial charge in [0.25, 0.3) is 0 Å². The van der Waals surface area contributed by atoms with E-state index in [-0.39, 0.29) is 11.9 Å². The topological polar surface area (TPSA) is 78.6 Å². The Balaban J connectivity index is 1.34. The smallest absolute Gasteiger partial charge is 0.138 e. The van der Waals surface area contributed by atoms with Crippen molar-refractivity contribution in [1.29, 1.82) is 0 Å². The Morgan fingerprint density at radius 2 is 1.85 bits per heavy atom. The lowest BCUT2D eigenvalue weighted by molar-refractivity contribution is 0.162. The highest BCUT2D eigenvalue weighted by Crippen LogP contribution is 2.35. The van der Waals surface area contributed by atoms with E-state index in [0.29, 0.717) is 0 Å². The summed E-state index contributed by atoms with van der Waals surface area (Å²) in [4.78, 5) is 7.96. The van der Waals surface area contributed by atoms with Crippen molar-refractivity contribution in [3.8, 4) is 28.3 Å². The van der Waals surface area contributed by atoms with Crippen LogP contribution < -0.4 is 10.1 Å². The summed E-state index contributed by atoms with van der Waals surface area (Å²) in [6.07, 6.45) is 9.55. The fourth-order valence-electron chi connectivity index (χ4n) is 5.20. The number of hydrogen-bond donors (Lipinski definition) is 3. The van der Waals surface area contributed by atoms with Gasteiger partial charge in [-0.25, -0.2) is 4.39 Å². The predicted octanol–water partition coefficient (Wildman–Crippen LogP) is 6.82. The Morgan fingerprint density at radius 1 is 1.03 bits per heavy atom. The normalized spacial score (nSPS) is 14.6. The monoisotopic (exact) mass is 519 g/mol. The maximum Gasteiger partial charge on any atom is 0.138 e. The molecule has 0 amide bonds. The van der Waals surface area contributed by atoms with Crippen molar-refractivity contribution in [3.05, 3.63) is 108 Å². The van der Waals surface area contributed by atoms with E-state index < -0.39 is 0 Å². The Morgan fingerprint density at radius 3 is 2.64 bits per heavy atom. The molecule has 0 saturated carbocycles. The first-order valence-corrected chi connectivity index (χ1v) is 13.2. The first kappa shape index (κ1) is 24.8. The summed E-state index contributed by atoms with van der Waals surface area (Å²) in [5.74, 6) is 0.527. The molecule has 6 rings (SSSR count). The van der Waals surface area contributed by atoms with Gasteiger partial charge in [0.1, 0.15) is 23.4 Å². The molecule has 0 radical (unpaired) electrons. The molecule has 1 aliphatic rings. The number of piperidine rings is 1. The van der Waals surface area contributed by atoms with Gasteiger partial charge in [0.15, 0.2) is 0 Å². The Labute approximate surface area is 226 Å².